The third-order valence-corrected chi connectivity index (χ3v) is 6.06. The summed E-state index contributed by atoms with van der Waals surface area (Å²) in [6.45, 7) is -1.17. The minimum atomic E-state index is -3.01. The number of fused-ring (bicyclic) bond motifs is 1. The van der Waals surface area contributed by atoms with Crippen molar-refractivity contribution in [3.63, 3.8) is 0 Å². The summed E-state index contributed by atoms with van der Waals surface area (Å²) in [7, 11) is 0. The van der Waals surface area contributed by atoms with Crippen molar-refractivity contribution >= 4 is 22.5 Å². The van der Waals surface area contributed by atoms with E-state index in [2.05, 4.69) is 25.0 Å². The Morgan fingerprint density at radius 2 is 1.87 bits per heavy atom. The smallest absolute Gasteiger partial charge is 0.387 e. The molecule has 194 valence electrons. The number of benzene rings is 2. The van der Waals surface area contributed by atoms with Gasteiger partial charge in [0.25, 0.3) is 5.56 Å². The van der Waals surface area contributed by atoms with Gasteiger partial charge < -0.3 is 15.8 Å². The van der Waals surface area contributed by atoms with E-state index in [1.54, 1.807) is 34.9 Å². The van der Waals surface area contributed by atoms with Crippen LogP contribution in [0.3, 0.4) is 0 Å². The van der Waals surface area contributed by atoms with E-state index in [-0.39, 0.29) is 28.6 Å². The number of alkyl halides is 2. The van der Waals surface area contributed by atoms with E-state index < -0.39 is 12.7 Å². The van der Waals surface area contributed by atoms with Crippen LogP contribution >= 0.6 is 0 Å². The largest absolute Gasteiger partial charge is 0.433 e. The SMILES string of the molecule is C[C@@H](Nc1nc(N)ncc1C#N)c1cc2cccc(-c3cncc(OC(F)F)c3)c2c(=O)n1-c1ccccc1. The second kappa shape index (κ2) is 10.5. The zero-order chi connectivity index (χ0) is 27.5. The number of pyridine rings is 2. The van der Waals surface area contributed by atoms with Gasteiger partial charge >= 0.3 is 6.61 Å². The van der Waals surface area contributed by atoms with Gasteiger partial charge in [-0.2, -0.15) is 19.0 Å². The van der Waals surface area contributed by atoms with Gasteiger partial charge in [0.1, 0.15) is 23.2 Å². The normalized spacial score (nSPS) is 11.8. The fourth-order valence-electron chi connectivity index (χ4n) is 4.38. The Bertz CT molecular complexity index is 1770. The van der Waals surface area contributed by atoms with Crippen molar-refractivity contribution < 1.29 is 13.5 Å². The number of hydrogen-bond acceptors (Lipinski definition) is 8. The maximum Gasteiger partial charge on any atom is 0.387 e. The zero-order valence-corrected chi connectivity index (χ0v) is 20.5. The Balaban J connectivity index is 1.72. The molecule has 0 unspecified atom stereocenters. The highest BCUT2D eigenvalue weighted by Gasteiger charge is 2.20. The van der Waals surface area contributed by atoms with Gasteiger partial charge in [-0.1, -0.05) is 36.4 Å². The van der Waals surface area contributed by atoms with E-state index in [0.29, 0.717) is 33.3 Å². The van der Waals surface area contributed by atoms with Gasteiger partial charge in [-0.25, -0.2) is 4.98 Å². The first kappa shape index (κ1) is 25.3. The highest BCUT2D eigenvalue weighted by Crippen LogP contribution is 2.31. The number of rotatable bonds is 7. The van der Waals surface area contributed by atoms with Crippen molar-refractivity contribution in [3.05, 3.63) is 101 Å². The van der Waals surface area contributed by atoms with E-state index in [1.165, 1.54) is 24.7 Å². The molecule has 11 heteroatoms. The molecule has 0 bridgehead atoms. The second-order valence-corrected chi connectivity index (χ2v) is 8.57. The molecule has 0 amide bonds. The summed E-state index contributed by atoms with van der Waals surface area (Å²) in [6, 6.07) is 19.2. The van der Waals surface area contributed by atoms with Gasteiger partial charge in [-0.15, -0.1) is 0 Å². The molecule has 0 aliphatic heterocycles. The lowest BCUT2D eigenvalue weighted by molar-refractivity contribution is -0.0500. The van der Waals surface area contributed by atoms with Crippen LogP contribution in [-0.2, 0) is 0 Å². The molecule has 3 N–H and O–H groups in total. The lowest BCUT2D eigenvalue weighted by Gasteiger charge is -2.22. The summed E-state index contributed by atoms with van der Waals surface area (Å²) in [4.78, 5) is 26.2. The number of aromatic nitrogens is 4. The topological polar surface area (TPSA) is 132 Å². The van der Waals surface area contributed by atoms with Crippen LogP contribution in [0.2, 0.25) is 0 Å². The third-order valence-electron chi connectivity index (χ3n) is 6.06. The minimum absolute atomic E-state index is 0.000959. The fraction of sp³-hybridized carbons (Fsp3) is 0.107. The van der Waals surface area contributed by atoms with E-state index in [4.69, 9.17) is 5.73 Å². The van der Waals surface area contributed by atoms with Crippen molar-refractivity contribution in [3.8, 4) is 28.6 Å². The summed E-state index contributed by atoms with van der Waals surface area (Å²) >= 11 is 0. The monoisotopic (exact) mass is 525 g/mol. The van der Waals surface area contributed by atoms with Crippen LogP contribution in [0, 0.1) is 11.3 Å². The first-order chi connectivity index (χ1) is 18.9. The molecular formula is C28H21F2N7O2. The summed E-state index contributed by atoms with van der Waals surface area (Å²) in [6.07, 6.45) is 4.00. The van der Waals surface area contributed by atoms with Gasteiger partial charge in [-0.3, -0.25) is 14.3 Å². The number of para-hydroxylation sites is 1. The predicted molar refractivity (Wildman–Crippen MR) is 143 cm³/mol. The lowest BCUT2D eigenvalue weighted by atomic mass is 9.98. The molecule has 9 nitrogen and oxygen atoms in total. The highest BCUT2D eigenvalue weighted by atomic mass is 19.3. The summed E-state index contributed by atoms with van der Waals surface area (Å²) < 4.78 is 31.7. The number of nitrogen functional groups attached to an aromatic ring is 1. The van der Waals surface area contributed by atoms with Gasteiger partial charge in [0.05, 0.1) is 23.8 Å². The van der Waals surface area contributed by atoms with E-state index in [9.17, 15) is 18.8 Å². The summed E-state index contributed by atoms with van der Waals surface area (Å²) in [5.41, 5.74) is 7.77. The number of nitrogens with two attached hydrogens (primary N) is 1. The zero-order valence-electron chi connectivity index (χ0n) is 20.5. The first-order valence-corrected chi connectivity index (χ1v) is 11.8. The quantitative estimate of drug-likeness (QED) is 0.301. The van der Waals surface area contributed by atoms with E-state index >= 15 is 0 Å². The molecular weight excluding hydrogens is 504 g/mol. The molecule has 39 heavy (non-hydrogen) atoms. The van der Waals surface area contributed by atoms with Crippen LogP contribution in [0.15, 0.2) is 84.0 Å². The Hall–Kier alpha value is -5.37. The first-order valence-electron chi connectivity index (χ1n) is 11.8. The third kappa shape index (κ3) is 5.08. The number of nitrogens with zero attached hydrogens (tertiary/aromatic N) is 5. The lowest BCUT2D eigenvalue weighted by Crippen LogP contribution is -2.26. The Kier molecular flexibility index (Phi) is 6.84. The Morgan fingerprint density at radius 3 is 2.62 bits per heavy atom. The molecule has 5 aromatic rings. The number of nitrogens with one attached hydrogen (secondary N) is 1. The molecule has 5 rings (SSSR count). The van der Waals surface area contributed by atoms with Crippen molar-refractivity contribution in [2.45, 2.75) is 19.6 Å². The van der Waals surface area contributed by atoms with Crippen LogP contribution in [0.1, 0.15) is 24.2 Å². The molecule has 3 heterocycles. The maximum atomic E-state index is 14.2. The highest BCUT2D eigenvalue weighted by molar-refractivity contribution is 5.96. The van der Waals surface area contributed by atoms with Gasteiger partial charge in [0.15, 0.2) is 0 Å². The van der Waals surface area contributed by atoms with Crippen LogP contribution in [0.4, 0.5) is 20.5 Å². The average molecular weight is 526 g/mol. The molecule has 0 fully saturated rings. The van der Waals surface area contributed by atoms with Crippen molar-refractivity contribution in [1.29, 1.82) is 5.26 Å². The molecule has 0 aliphatic rings. The van der Waals surface area contributed by atoms with Crippen molar-refractivity contribution in [2.75, 3.05) is 11.1 Å². The van der Waals surface area contributed by atoms with E-state index in [1.807, 2.05) is 37.3 Å². The number of hydrogen-bond donors (Lipinski definition) is 2. The van der Waals surface area contributed by atoms with Crippen LogP contribution in [0.5, 0.6) is 5.75 Å². The molecule has 2 aromatic carbocycles. The summed E-state index contributed by atoms with van der Waals surface area (Å²) in [5, 5.41) is 13.7. The van der Waals surface area contributed by atoms with Crippen LogP contribution < -0.4 is 21.3 Å². The Morgan fingerprint density at radius 1 is 1.08 bits per heavy atom. The average Bonchev–Trinajstić information content (AvgIpc) is 2.93. The molecule has 0 radical (unpaired) electrons. The number of anilines is 2. The van der Waals surface area contributed by atoms with Crippen molar-refractivity contribution in [2.24, 2.45) is 0 Å². The number of nitriles is 1. The minimum Gasteiger partial charge on any atom is -0.433 e. The standard InChI is InChI=1S/C28H21F2N7O2/c1-16(35-25-19(12-31)14-34-28(32)36-25)23-11-17-6-5-9-22(18-10-21(15-33-13-18)39-27(29)30)24(17)26(38)37(23)20-7-3-2-4-8-20/h2-11,13-16,27H,1H3,(H3,32,34,35,36)/t16-/m1/s1. The van der Waals surface area contributed by atoms with Gasteiger partial charge in [0, 0.05) is 23.1 Å². The Labute approximate surface area is 221 Å². The van der Waals surface area contributed by atoms with Crippen LogP contribution in [-0.4, -0.2) is 26.1 Å². The van der Waals surface area contributed by atoms with E-state index in [0.717, 1.165) is 0 Å². The number of halogens is 2. The second-order valence-electron chi connectivity index (χ2n) is 8.57. The molecule has 0 spiro atoms. The fourth-order valence-corrected chi connectivity index (χ4v) is 4.38. The molecule has 0 saturated heterocycles. The van der Waals surface area contributed by atoms with Crippen LogP contribution in [0.25, 0.3) is 27.6 Å². The maximum absolute atomic E-state index is 14.2. The molecule has 0 saturated carbocycles. The molecule has 3 aromatic heterocycles. The molecule has 1 atom stereocenters. The van der Waals surface area contributed by atoms with Gasteiger partial charge in [0.2, 0.25) is 5.95 Å². The number of ether oxygens (including phenoxy) is 1. The molecule has 0 aliphatic carbocycles. The van der Waals surface area contributed by atoms with Gasteiger partial charge in [-0.05, 0) is 42.1 Å². The summed E-state index contributed by atoms with van der Waals surface area (Å²) in [5.74, 6) is 0.119. The van der Waals surface area contributed by atoms with Crippen molar-refractivity contribution in [1.82, 2.24) is 19.5 Å². The predicted octanol–water partition coefficient (Wildman–Crippen LogP) is 5.07.